The van der Waals surface area contributed by atoms with Crippen molar-refractivity contribution in [3.05, 3.63) is 59.7 Å². The van der Waals surface area contributed by atoms with Gasteiger partial charge in [-0.3, -0.25) is 4.79 Å². The Balaban J connectivity index is 1.34. The quantitative estimate of drug-likeness (QED) is 0.505. The number of hydrogen-bond acceptors (Lipinski definition) is 6. The lowest BCUT2D eigenvalue weighted by Gasteiger charge is -2.48. The van der Waals surface area contributed by atoms with Crippen LogP contribution in [0.3, 0.4) is 0 Å². The van der Waals surface area contributed by atoms with E-state index in [1.54, 1.807) is 0 Å². The first kappa shape index (κ1) is 26.0. The summed E-state index contributed by atoms with van der Waals surface area (Å²) in [6.07, 6.45) is 4.25. The number of benzene rings is 2. The van der Waals surface area contributed by atoms with Gasteiger partial charge in [-0.15, -0.1) is 0 Å². The second kappa shape index (κ2) is 11.0. The molecule has 0 aromatic heterocycles. The number of carbonyl (C=O) groups excluding carboxylic acids is 1. The summed E-state index contributed by atoms with van der Waals surface area (Å²) in [5.74, 6) is 0.807. The summed E-state index contributed by atoms with van der Waals surface area (Å²) in [4.78, 5) is 14.3. The molecule has 2 aliphatic heterocycles. The van der Waals surface area contributed by atoms with Crippen molar-refractivity contribution in [2.24, 2.45) is 0 Å². The number of morpholine rings is 1. The summed E-state index contributed by atoms with van der Waals surface area (Å²) in [6, 6.07) is 16.5. The first-order valence-corrected chi connectivity index (χ1v) is 13.8. The molecule has 0 bridgehead atoms. The smallest absolute Gasteiger partial charge is 0.217 e. The molecule has 1 spiro atoms. The number of nitrogens with one attached hydrogen (secondary N) is 2. The van der Waals surface area contributed by atoms with Crippen molar-refractivity contribution >= 4 is 11.6 Å². The van der Waals surface area contributed by atoms with E-state index >= 15 is 0 Å². The number of fused-ring (bicyclic) bond motifs is 1. The highest BCUT2D eigenvalue weighted by atomic mass is 16.5. The summed E-state index contributed by atoms with van der Waals surface area (Å²) >= 11 is 0. The summed E-state index contributed by atoms with van der Waals surface area (Å²) in [5.41, 5.74) is 3.30. The predicted octanol–water partition coefficient (Wildman–Crippen LogP) is 3.74. The Kier molecular flexibility index (Phi) is 7.75. The number of rotatable bonds is 8. The molecule has 5 atom stereocenters. The molecule has 0 unspecified atom stereocenters. The molecule has 2 aromatic carbocycles. The first-order chi connectivity index (χ1) is 17.8. The molecule has 2 heterocycles. The second-order valence-corrected chi connectivity index (χ2v) is 11.2. The normalized spacial score (nSPS) is 25.9. The van der Waals surface area contributed by atoms with Crippen LogP contribution in [-0.2, 0) is 16.0 Å². The van der Waals surface area contributed by atoms with E-state index in [1.165, 1.54) is 19.0 Å². The molecule has 37 heavy (non-hydrogen) atoms. The lowest BCUT2D eigenvalue weighted by molar-refractivity contribution is -0.120. The highest BCUT2D eigenvalue weighted by Crippen LogP contribution is 2.49. The maximum absolute atomic E-state index is 11.9. The molecule has 1 amide bonds. The molecule has 2 fully saturated rings. The Bertz CT molecular complexity index is 1070. The van der Waals surface area contributed by atoms with Gasteiger partial charge in [-0.25, -0.2) is 0 Å². The van der Waals surface area contributed by atoms with Gasteiger partial charge in [0, 0.05) is 49.8 Å². The third-order valence-corrected chi connectivity index (χ3v) is 8.20. The third kappa shape index (κ3) is 5.95. The third-order valence-electron chi connectivity index (χ3n) is 8.20. The summed E-state index contributed by atoms with van der Waals surface area (Å²) in [6.45, 7) is 7.78. The molecular weight excluding hydrogens is 466 g/mol. The number of hydrogen-bond donors (Lipinski definition) is 3. The van der Waals surface area contributed by atoms with E-state index < -0.39 is 6.10 Å². The van der Waals surface area contributed by atoms with E-state index in [9.17, 15) is 9.90 Å². The van der Waals surface area contributed by atoms with Crippen molar-refractivity contribution in [3.8, 4) is 5.75 Å². The van der Waals surface area contributed by atoms with E-state index in [2.05, 4.69) is 47.6 Å². The molecule has 7 heteroatoms. The molecule has 3 aliphatic rings. The zero-order valence-electron chi connectivity index (χ0n) is 22.3. The van der Waals surface area contributed by atoms with Crippen molar-refractivity contribution in [2.75, 3.05) is 24.6 Å². The van der Waals surface area contributed by atoms with Crippen molar-refractivity contribution in [3.63, 3.8) is 0 Å². The average Bonchev–Trinajstić information content (AvgIpc) is 2.87. The van der Waals surface area contributed by atoms with Crippen LogP contribution in [-0.4, -0.2) is 60.6 Å². The highest BCUT2D eigenvalue weighted by molar-refractivity contribution is 5.73. The van der Waals surface area contributed by atoms with Crippen LogP contribution in [0.1, 0.15) is 63.6 Å². The van der Waals surface area contributed by atoms with E-state index in [4.69, 9.17) is 9.47 Å². The van der Waals surface area contributed by atoms with Crippen LogP contribution in [0, 0.1) is 0 Å². The zero-order valence-corrected chi connectivity index (χ0v) is 22.3. The van der Waals surface area contributed by atoms with Gasteiger partial charge in [0.1, 0.15) is 11.4 Å². The molecule has 2 aromatic rings. The van der Waals surface area contributed by atoms with Crippen LogP contribution in [0.2, 0.25) is 0 Å². The van der Waals surface area contributed by atoms with Gasteiger partial charge < -0.3 is 30.1 Å². The number of carbonyl (C=O) groups is 1. The minimum Gasteiger partial charge on any atom is -0.487 e. The maximum atomic E-state index is 11.9. The van der Waals surface area contributed by atoms with Gasteiger partial charge in [0.2, 0.25) is 5.91 Å². The van der Waals surface area contributed by atoms with Crippen LogP contribution in [0.5, 0.6) is 5.75 Å². The van der Waals surface area contributed by atoms with Crippen LogP contribution >= 0.6 is 0 Å². The number of anilines is 1. The van der Waals surface area contributed by atoms with E-state index in [0.717, 1.165) is 49.3 Å². The standard InChI is InChI=1S/C30H41N3O4/c1-20-19-36-21(2)18-33(20)24-10-11-29-25(15-24)27(16-30(37-29)12-7-13-30)31-17-28(35)26(32-22(3)34)14-23-8-5-4-6-9-23/h4-6,8-11,15,20-21,26-28,31,35H,7,12-14,16-19H2,1-3H3,(H,32,34)/t20-,21-,26-,27-,28+/m0/s1. The zero-order chi connectivity index (χ0) is 26.0. The van der Waals surface area contributed by atoms with Crippen molar-refractivity contribution in [1.82, 2.24) is 10.6 Å². The number of aliphatic hydroxyl groups excluding tert-OH is 1. The fourth-order valence-electron chi connectivity index (χ4n) is 5.98. The monoisotopic (exact) mass is 507 g/mol. The van der Waals surface area contributed by atoms with Gasteiger partial charge >= 0.3 is 0 Å². The maximum Gasteiger partial charge on any atom is 0.217 e. The van der Waals surface area contributed by atoms with Gasteiger partial charge in [0.05, 0.1) is 24.9 Å². The average molecular weight is 508 g/mol. The largest absolute Gasteiger partial charge is 0.487 e. The van der Waals surface area contributed by atoms with Gasteiger partial charge in [-0.1, -0.05) is 30.3 Å². The number of nitrogens with zero attached hydrogens (tertiary/aromatic N) is 1. The molecular formula is C30H41N3O4. The Hall–Kier alpha value is -2.61. The molecule has 5 rings (SSSR count). The second-order valence-electron chi connectivity index (χ2n) is 11.2. The molecule has 1 saturated heterocycles. The summed E-state index contributed by atoms with van der Waals surface area (Å²) in [5, 5.41) is 17.8. The minimum absolute atomic E-state index is 0.0714. The molecule has 3 N–H and O–H groups in total. The minimum atomic E-state index is -0.726. The van der Waals surface area contributed by atoms with Crippen LogP contribution < -0.4 is 20.3 Å². The summed E-state index contributed by atoms with van der Waals surface area (Å²) < 4.78 is 12.4. The Morgan fingerprint density at radius 3 is 2.68 bits per heavy atom. The fraction of sp³-hybridized carbons (Fsp3) is 0.567. The number of aliphatic hydroxyl groups is 1. The SMILES string of the molecule is CC(=O)N[C@@H](Cc1ccccc1)[C@H](O)CN[C@H]1CC2(CCC2)Oc2ccc(N3C[C@H](C)OC[C@@H]3C)cc21. The van der Waals surface area contributed by atoms with Gasteiger partial charge in [-0.2, -0.15) is 0 Å². The van der Waals surface area contributed by atoms with E-state index in [-0.39, 0.29) is 29.7 Å². The number of ether oxygens (including phenoxy) is 2. The molecule has 1 saturated carbocycles. The van der Waals surface area contributed by atoms with Crippen LogP contribution in [0.15, 0.2) is 48.5 Å². The Morgan fingerprint density at radius 2 is 1.97 bits per heavy atom. The summed E-state index contributed by atoms with van der Waals surface area (Å²) in [7, 11) is 0. The van der Waals surface area contributed by atoms with Gasteiger partial charge in [0.25, 0.3) is 0 Å². The Labute approximate surface area is 220 Å². The number of amides is 1. The van der Waals surface area contributed by atoms with E-state index in [1.807, 2.05) is 30.3 Å². The molecule has 200 valence electrons. The molecule has 1 aliphatic carbocycles. The highest BCUT2D eigenvalue weighted by Gasteiger charge is 2.46. The predicted molar refractivity (Wildman–Crippen MR) is 145 cm³/mol. The van der Waals surface area contributed by atoms with Crippen LogP contribution in [0.4, 0.5) is 5.69 Å². The van der Waals surface area contributed by atoms with E-state index in [0.29, 0.717) is 19.0 Å². The molecule has 7 nitrogen and oxygen atoms in total. The van der Waals surface area contributed by atoms with Crippen molar-refractivity contribution in [1.29, 1.82) is 0 Å². The molecule has 0 radical (unpaired) electrons. The van der Waals surface area contributed by atoms with Crippen molar-refractivity contribution in [2.45, 2.75) is 88.8 Å². The Morgan fingerprint density at radius 1 is 1.19 bits per heavy atom. The van der Waals surface area contributed by atoms with Crippen LogP contribution in [0.25, 0.3) is 0 Å². The fourth-order valence-corrected chi connectivity index (χ4v) is 5.98. The van der Waals surface area contributed by atoms with Gasteiger partial charge in [-0.05, 0) is 63.3 Å². The first-order valence-electron chi connectivity index (χ1n) is 13.8. The topological polar surface area (TPSA) is 83.1 Å². The lowest BCUT2D eigenvalue weighted by atomic mass is 9.73. The van der Waals surface area contributed by atoms with Gasteiger partial charge in [0.15, 0.2) is 0 Å². The lowest BCUT2D eigenvalue weighted by Crippen LogP contribution is -2.52. The van der Waals surface area contributed by atoms with Crippen molar-refractivity contribution < 1.29 is 19.4 Å².